The quantitative estimate of drug-likeness (QED) is 0.688. The Kier molecular flexibility index (Phi) is 3.99. The van der Waals surface area contributed by atoms with Crippen molar-refractivity contribution in [2.45, 2.75) is 32.9 Å². The second-order valence-electron chi connectivity index (χ2n) is 5.53. The van der Waals surface area contributed by atoms with Crippen molar-refractivity contribution in [2.75, 3.05) is 0 Å². The van der Waals surface area contributed by atoms with E-state index in [2.05, 4.69) is 15.5 Å². The molecule has 0 amide bonds. The Morgan fingerprint density at radius 3 is 2.67 bits per heavy atom. The topological polar surface area (TPSA) is 94.1 Å². The van der Waals surface area contributed by atoms with Crippen molar-refractivity contribution in [1.29, 1.82) is 0 Å². The average Bonchev–Trinajstić information content (AvgIpc) is 2.84. The first-order chi connectivity index (χ1) is 9.76. The fraction of sp³-hybridized carbons (Fsp3) is 0.385. The van der Waals surface area contributed by atoms with Crippen molar-refractivity contribution >= 4 is 5.69 Å². The fourth-order valence-corrected chi connectivity index (χ4v) is 1.57. The lowest BCUT2D eigenvalue weighted by Crippen LogP contribution is -2.35. The summed E-state index contributed by atoms with van der Waals surface area (Å²) in [5.41, 5.74) is -0.409. The number of hydrogen-bond acceptors (Lipinski definition) is 6. The van der Waals surface area contributed by atoms with Crippen LogP contribution in [0.5, 0.6) is 0 Å². The third-order valence-corrected chi connectivity index (χ3v) is 2.63. The molecule has 1 N–H and O–H groups in total. The van der Waals surface area contributed by atoms with Crippen molar-refractivity contribution in [2.24, 2.45) is 0 Å². The predicted molar refractivity (Wildman–Crippen MR) is 72.9 cm³/mol. The van der Waals surface area contributed by atoms with Gasteiger partial charge in [0.1, 0.15) is 5.82 Å². The van der Waals surface area contributed by atoms with Crippen molar-refractivity contribution in [3.63, 3.8) is 0 Å². The highest BCUT2D eigenvalue weighted by atomic mass is 19.1. The molecule has 0 saturated carbocycles. The van der Waals surface area contributed by atoms with E-state index in [0.717, 1.165) is 6.07 Å². The van der Waals surface area contributed by atoms with Gasteiger partial charge in [-0.2, -0.15) is 0 Å². The SMILES string of the molecule is CC(C)(C)NCc1nnc(-c2ccc([N+](=O)[O-])cc2F)o1. The molecule has 7 nitrogen and oxygen atoms in total. The molecule has 0 saturated heterocycles. The zero-order chi connectivity index (χ0) is 15.6. The molecule has 0 bridgehead atoms. The van der Waals surface area contributed by atoms with Crippen LogP contribution in [0.3, 0.4) is 0 Å². The number of nitro benzene ring substituents is 1. The van der Waals surface area contributed by atoms with E-state index in [-0.39, 0.29) is 22.7 Å². The number of hydrogen-bond donors (Lipinski definition) is 1. The van der Waals surface area contributed by atoms with Crippen LogP contribution >= 0.6 is 0 Å². The lowest BCUT2D eigenvalue weighted by molar-refractivity contribution is -0.385. The minimum Gasteiger partial charge on any atom is -0.419 e. The van der Waals surface area contributed by atoms with Gasteiger partial charge in [0.05, 0.1) is 23.1 Å². The third kappa shape index (κ3) is 3.82. The molecule has 1 aromatic carbocycles. The third-order valence-electron chi connectivity index (χ3n) is 2.63. The molecule has 1 heterocycles. The van der Waals surface area contributed by atoms with Crippen LogP contribution in [0.4, 0.5) is 10.1 Å². The zero-order valence-electron chi connectivity index (χ0n) is 11.9. The molecular formula is C13H15FN4O3. The molecule has 0 aliphatic rings. The minimum absolute atomic E-state index is 0.00638. The predicted octanol–water partition coefficient (Wildman–Crippen LogP) is 2.67. The monoisotopic (exact) mass is 294 g/mol. The molecule has 0 unspecified atom stereocenters. The van der Waals surface area contributed by atoms with Gasteiger partial charge in [-0.05, 0) is 26.8 Å². The van der Waals surface area contributed by atoms with Gasteiger partial charge >= 0.3 is 0 Å². The van der Waals surface area contributed by atoms with E-state index >= 15 is 0 Å². The van der Waals surface area contributed by atoms with Gasteiger partial charge in [0.2, 0.25) is 5.89 Å². The molecule has 0 fully saturated rings. The number of benzene rings is 1. The Morgan fingerprint density at radius 1 is 1.38 bits per heavy atom. The van der Waals surface area contributed by atoms with Crippen molar-refractivity contribution in [1.82, 2.24) is 15.5 Å². The lowest BCUT2D eigenvalue weighted by atomic mass is 10.1. The molecule has 0 spiro atoms. The van der Waals surface area contributed by atoms with Crippen molar-refractivity contribution in [3.05, 3.63) is 40.0 Å². The zero-order valence-corrected chi connectivity index (χ0v) is 11.9. The summed E-state index contributed by atoms with van der Waals surface area (Å²) in [6.45, 7) is 6.31. The molecule has 21 heavy (non-hydrogen) atoms. The number of aromatic nitrogens is 2. The Morgan fingerprint density at radius 2 is 2.10 bits per heavy atom. The van der Waals surface area contributed by atoms with E-state index in [1.807, 2.05) is 20.8 Å². The molecule has 8 heteroatoms. The van der Waals surface area contributed by atoms with E-state index in [4.69, 9.17) is 4.42 Å². The van der Waals surface area contributed by atoms with Gasteiger partial charge in [-0.25, -0.2) is 4.39 Å². The smallest absolute Gasteiger partial charge is 0.272 e. The van der Waals surface area contributed by atoms with Crippen LogP contribution in [-0.4, -0.2) is 20.7 Å². The number of halogens is 1. The molecule has 2 aromatic rings. The van der Waals surface area contributed by atoms with Gasteiger partial charge in [0.15, 0.2) is 0 Å². The fourth-order valence-electron chi connectivity index (χ4n) is 1.57. The first-order valence-electron chi connectivity index (χ1n) is 6.28. The first-order valence-corrected chi connectivity index (χ1v) is 6.28. The van der Waals surface area contributed by atoms with Gasteiger partial charge in [-0.15, -0.1) is 10.2 Å². The van der Waals surface area contributed by atoms with Crippen LogP contribution in [-0.2, 0) is 6.54 Å². The standard InChI is InChI=1S/C13H15FN4O3/c1-13(2,3)15-7-11-16-17-12(21-11)9-5-4-8(18(19)20)6-10(9)14/h4-6,15H,7H2,1-3H3. The van der Waals surface area contributed by atoms with Gasteiger partial charge < -0.3 is 9.73 Å². The number of nitrogens with one attached hydrogen (secondary N) is 1. The van der Waals surface area contributed by atoms with Crippen LogP contribution in [0.2, 0.25) is 0 Å². The van der Waals surface area contributed by atoms with Crippen molar-refractivity contribution < 1.29 is 13.7 Å². The summed E-state index contributed by atoms with van der Waals surface area (Å²) in [6.07, 6.45) is 0. The van der Waals surface area contributed by atoms with Gasteiger partial charge in [0, 0.05) is 11.6 Å². The maximum Gasteiger partial charge on any atom is 0.272 e. The second kappa shape index (κ2) is 5.57. The molecule has 0 aliphatic carbocycles. The van der Waals surface area contributed by atoms with Crippen LogP contribution in [0, 0.1) is 15.9 Å². The molecule has 0 radical (unpaired) electrons. The average molecular weight is 294 g/mol. The molecular weight excluding hydrogens is 279 g/mol. The highest BCUT2D eigenvalue weighted by Gasteiger charge is 2.17. The highest BCUT2D eigenvalue weighted by molar-refractivity contribution is 5.56. The summed E-state index contributed by atoms with van der Waals surface area (Å²) in [4.78, 5) is 9.90. The molecule has 1 aromatic heterocycles. The second-order valence-corrected chi connectivity index (χ2v) is 5.53. The summed E-state index contributed by atoms with van der Waals surface area (Å²) in [7, 11) is 0. The largest absolute Gasteiger partial charge is 0.419 e. The summed E-state index contributed by atoms with van der Waals surface area (Å²) < 4.78 is 19.2. The molecule has 0 atom stereocenters. The summed E-state index contributed by atoms with van der Waals surface area (Å²) >= 11 is 0. The maximum atomic E-state index is 13.8. The summed E-state index contributed by atoms with van der Waals surface area (Å²) in [6, 6.07) is 3.27. The highest BCUT2D eigenvalue weighted by Crippen LogP contribution is 2.25. The minimum atomic E-state index is -0.775. The summed E-state index contributed by atoms with van der Waals surface area (Å²) in [5, 5.41) is 21.3. The van der Waals surface area contributed by atoms with Gasteiger partial charge in [0.25, 0.3) is 11.6 Å². The molecule has 0 aliphatic heterocycles. The first kappa shape index (κ1) is 15.0. The van der Waals surface area contributed by atoms with Gasteiger partial charge in [-0.1, -0.05) is 0 Å². The summed E-state index contributed by atoms with van der Waals surface area (Å²) in [5.74, 6) is -0.464. The maximum absolute atomic E-state index is 13.8. The Bertz CT molecular complexity index is 664. The Hall–Kier alpha value is -2.35. The number of nitro groups is 1. The van der Waals surface area contributed by atoms with Crippen LogP contribution in [0.15, 0.2) is 22.6 Å². The molecule has 112 valence electrons. The number of non-ortho nitro benzene ring substituents is 1. The van der Waals surface area contributed by atoms with Crippen LogP contribution < -0.4 is 5.32 Å². The van der Waals surface area contributed by atoms with E-state index in [0.29, 0.717) is 12.4 Å². The number of rotatable bonds is 4. The van der Waals surface area contributed by atoms with E-state index < -0.39 is 10.7 Å². The van der Waals surface area contributed by atoms with E-state index in [1.165, 1.54) is 12.1 Å². The Labute approximate surface area is 120 Å². The molecule has 2 rings (SSSR count). The van der Waals surface area contributed by atoms with Crippen molar-refractivity contribution in [3.8, 4) is 11.5 Å². The van der Waals surface area contributed by atoms with E-state index in [1.54, 1.807) is 0 Å². The normalized spacial score (nSPS) is 11.6. The Balaban J connectivity index is 2.20. The van der Waals surface area contributed by atoms with Crippen LogP contribution in [0.1, 0.15) is 26.7 Å². The van der Waals surface area contributed by atoms with Gasteiger partial charge in [-0.3, -0.25) is 10.1 Å². The number of nitrogens with zero attached hydrogens (tertiary/aromatic N) is 3. The van der Waals surface area contributed by atoms with E-state index in [9.17, 15) is 14.5 Å². The van der Waals surface area contributed by atoms with Crippen LogP contribution in [0.25, 0.3) is 11.5 Å². The lowest BCUT2D eigenvalue weighted by Gasteiger charge is -2.18.